The quantitative estimate of drug-likeness (QED) is 0.408. The fourth-order valence-electron chi connectivity index (χ4n) is 3.51. The second-order valence-electron chi connectivity index (χ2n) is 8.07. The molecule has 0 radical (unpaired) electrons. The molecule has 0 aliphatic carbocycles. The third-order valence-corrected chi connectivity index (χ3v) is 5.48. The summed E-state index contributed by atoms with van der Waals surface area (Å²) in [6.07, 6.45) is 1.59. The zero-order valence-corrected chi connectivity index (χ0v) is 19.0. The first-order chi connectivity index (χ1) is 16.4. The van der Waals surface area contributed by atoms with E-state index in [4.69, 9.17) is 4.74 Å². The maximum atomic E-state index is 12.7. The van der Waals surface area contributed by atoms with Gasteiger partial charge in [-0.05, 0) is 66.4 Å². The van der Waals surface area contributed by atoms with Crippen LogP contribution in [0.2, 0.25) is 0 Å². The number of hydrogen-bond acceptors (Lipinski definition) is 4. The van der Waals surface area contributed by atoms with E-state index < -0.39 is 11.9 Å². The van der Waals surface area contributed by atoms with Gasteiger partial charge in [0.05, 0.1) is 6.54 Å². The van der Waals surface area contributed by atoms with Crippen molar-refractivity contribution in [1.82, 2.24) is 10.2 Å². The standard InChI is InChI=1S/C27H25N3O4/c1-18-11-12-22(13-19(18)2)28-25(31)17-34-23-10-6-9-21(14-23)15-24-26(32)30(27(33)29-24)16-20-7-4-3-5-8-20/h3-15H,16-17H2,1-2H3,(H,28,31)(H,29,33)/b24-15-. The minimum Gasteiger partial charge on any atom is -0.484 e. The molecule has 1 aliphatic heterocycles. The van der Waals surface area contributed by atoms with Crippen LogP contribution in [-0.4, -0.2) is 29.4 Å². The third-order valence-electron chi connectivity index (χ3n) is 5.48. The molecule has 3 aromatic carbocycles. The predicted octanol–water partition coefficient (Wildman–Crippen LogP) is 4.41. The van der Waals surface area contributed by atoms with Gasteiger partial charge in [0.15, 0.2) is 6.61 Å². The Morgan fingerprint density at radius 2 is 1.76 bits per heavy atom. The average molecular weight is 456 g/mol. The molecule has 3 aromatic rings. The van der Waals surface area contributed by atoms with Crippen molar-refractivity contribution >= 4 is 29.6 Å². The van der Waals surface area contributed by atoms with Crippen LogP contribution >= 0.6 is 0 Å². The van der Waals surface area contributed by atoms with Gasteiger partial charge in [-0.15, -0.1) is 0 Å². The molecule has 172 valence electrons. The Morgan fingerprint density at radius 1 is 0.971 bits per heavy atom. The highest BCUT2D eigenvalue weighted by atomic mass is 16.5. The first-order valence-corrected chi connectivity index (χ1v) is 10.9. The van der Waals surface area contributed by atoms with Gasteiger partial charge in [0, 0.05) is 5.69 Å². The first-order valence-electron chi connectivity index (χ1n) is 10.9. The minimum atomic E-state index is -0.462. The van der Waals surface area contributed by atoms with Crippen LogP contribution in [-0.2, 0) is 16.1 Å². The van der Waals surface area contributed by atoms with Gasteiger partial charge in [0.1, 0.15) is 11.4 Å². The van der Waals surface area contributed by atoms with Crippen LogP contribution < -0.4 is 15.4 Å². The Bertz CT molecular complexity index is 1270. The monoisotopic (exact) mass is 455 g/mol. The van der Waals surface area contributed by atoms with Crippen molar-refractivity contribution in [3.63, 3.8) is 0 Å². The maximum Gasteiger partial charge on any atom is 0.329 e. The Hall–Kier alpha value is -4.39. The Balaban J connectivity index is 1.38. The van der Waals surface area contributed by atoms with Crippen LogP contribution in [0.4, 0.5) is 10.5 Å². The first kappa shape index (κ1) is 22.8. The normalized spacial score (nSPS) is 14.3. The largest absolute Gasteiger partial charge is 0.484 e. The number of carbonyl (C=O) groups excluding carboxylic acids is 3. The second-order valence-corrected chi connectivity index (χ2v) is 8.07. The van der Waals surface area contributed by atoms with E-state index in [1.807, 2.05) is 62.4 Å². The number of carbonyl (C=O) groups is 3. The van der Waals surface area contributed by atoms with Gasteiger partial charge in [0.2, 0.25) is 0 Å². The number of urea groups is 1. The van der Waals surface area contributed by atoms with Crippen LogP contribution in [0.15, 0.2) is 78.5 Å². The molecule has 0 aromatic heterocycles. The van der Waals surface area contributed by atoms with E-state index in [0.29, 0.717) is 17.0 Å². The molecule has 7 heteroatoms. The van der Waals surface area contributed by atoms with E-state index in [9.17, 15) is 14.4 Å². The number of rotatable bonds is 7. The molecule has 0 unspecified atom stereocenters. The van der Waals surface area contributed by atoms with Gasteiger partial charge >= 0.3 is 6.03 Å². The molecule has 1 fully saturated rings. The molecule has 1 saturated heterocycles. The number of nitrogens with one attached hydrogen (secondary N) is 2. The molecule has 0 saturated carbocycles. The molecule has 0 spiro atoms. The topological polar surface area (TPSA) is 87.7 Å². The van der Waals surface area contributed by atoms with E-state index in [1.54, 1.807) is 30.3 Å². The highest BCUT2D eigenvalue weighted by Crippen LogP contribution is 2.20. The van der Waals surface area contributed by atoms with Gasteiger partial charge in [0.25, 0.3) is 11.8 Å². The van der Waals surface area contributed by atoms with Crippen LogP contribution in [0.25, 0.3) is 6.08 Å². The summed E-state index contributed by atoms with van der Waals surface area (Å²) < 4.78 is 5.62. The van der Waals surface area contributed by atoms with E-state index in [1.165, 1.54) is 4.90 Å². The number of hydrogen-bond donors (Lipinski definition) is 2. The molecule has 34 heavy (non-hydrogen) atoms. The molecular weight excluding hydrogens is 430 g/mol. The molecule has 4 rings (SSSR count). The van der Waals surface area contributed by atoms with Gasteiger partial charge in [-0.2, -0.15) is 0 Å². The van der Waals surface area contributed by atoms with Crippen LogP contribution in [0, 0.1) is 13.8 Å². The fourth-order valence-corrected chi connectivity index (χ4v) is 3.51. The predicted molar refractivity (Wildman–Crippen MR) is 130 cm³/mol. The van der Waals surface area contributed by atoms with Gasteiger partial charge in [-0.25, -0.2) is 4.79 Å². The third kappa shape index (κ3) is 5.50. The van der Waals surface area contributed by atoms with Gasteiger partial charge in [-0.1, -0.05) is 48.5 Å². The van der Waals surface area contributed by atoms with Crippen molar-refractivity contribution in [3.05, 3.63) is 101 Å². The Labute approximate surface area is 198 Å². The minimum absolute atomic E-state index is 0.159. The fraction of sp³-hybridized carbons (Fsp3) is 0.148. The highest BCUT2D eigenvalue weighted by Gasteiger charge is 2.33. The van der Waals surface area contributed by atoms with E-state index in [0.717, 1.165) is 16.7 Å². The summed E-state index contributed by atoms with van der Waals surface area (Å²) in [6, 6.07) is 21.5. The Kier molecular flexibility index (Phi) is 6.73. The lowest BCUT2D eigenvalue weighted by molar-refractivity contribution is -0.123. The molecular formula is C27H25N3O4. The summed E-state index contributed by atoms with van der Waals surface area (Å²) >= 11 is 0. The summed E-state index contributed by atoms with van der Waals surface area (Å²) in [5.41, 5.74) is 4.67. The summed E-state index contributed by atoms with van der Waals surface area (Å²) in [7, 11) is 0. The summed E-state index contributed by atoms with van der Waals surface area (Å²) in [4.78, 5) is 38.5. The number of nitrogens with zero attached hydrogens (tertiary/aromatic N) is 1. The number of aryl methyl sites for hydroxylation is 2. The van der Waals surface area contributed by atoms with Crippen molar-refractivity contribution in [1.29, 1.82) is 0 Å². The molecule has 0 bridgehead atoms. The number of amides is 4. The van der Waals surface area contributed by atoms with Crippen molar-refractivity contribution in [2.45, 2.75) is 20.4 Å². The number of anilines is 1. The van der Waals surface area contributed by atoms with Crippen LogP contribution in [0.3, 0.4) is 0 Å². The summed E-state index contributed by atoms with van der Waals surface area (Å²) in [5, 5.41) is 5.44. The molecule has 2 N–H and O–H groups in total. The highest BCUT2D eigenvalue weighted by molar-refractivity contribution is 6.13. The van der Waals surface area contributed by atoms with Gasteiger partial charge < -0.3 is 15.4 Å². The van der Waals surface area contributed by atoms with Crippen molar-refractivity contribution < 1.29 is 19.1 Å². The van der Waals surface area contributed by atoms with E-state index in [2.05, 4.69) is 10.6 Å². The lowest BCUT2D eigenvalue weighted by atomic mass is 10.1. The molecule has 4 amide bonds. The Morgan fingerprint density at radius 3 is 2.53 bits per heavy atom. The molecule has 0 atom stereocenters. The molecule has 7 nitrogen and oxygen atoms in total. The molecule has 1 aliphatic rings. The summed E-state index contributed by atoms with van der Waals surface area (Å²) in [5.74, 6) is -0.197. The van der Waals surface area contributed by atoms with Crippen molar-refractivity contribution in [2.75, 3.05) is 11.9 Å². The van der Waals surface area contributed by atoms with E-state index in [-0.39, 0.29) is 24.8 Å². The van der Waals surface area contributed by atoms with Crippen molar-refractivity contribution in [2.24, 2.45) is 0 Å². The van der Waals surface area contributed by atoms with Crippen molar-refractivity contribution in [3.8, 4) is 5.75 Å². The zero-order chi connectivity index (χ0) is 24.1. The SMILES string of the molecule is Cc1ccc(NC(=O)COc2cccc(/C=C3\NC(=O)N(Cc4ccccc4)C3=O)c2)cc1C. The number of ether oxygens (including phenoxy) is 1. The summed E-state index contributed by atoms with van der Waals surface area (Å²) in [6.45, 7) is 4.03. The van der Waals surface area contributed by atoms with Crippen LogP contribution in [0.1, 0.15) is 22.3 Å². The van der Waals surface area contributed by atoms with Crippen LogP contribution in [0.5, 0.6) is 5.75 Å². The lowest BCUT2D eigenvalue weighted by Gasteiger charge is -2.11. The zero-order valence-electron chi connectivity index (χ0n) is 19.0. The molecule has 1 heterocycles. The van der Waals surface area contributed by atoms with Gasteiger partial charge in [-0.3, -0.25) is 14.5 Å². The smallest absolute Gasteiger partial charge is 0.329 e. The average Bonchev–Trinajstić information content (AvgIpc) is 3.08. The second kappa shape index (κ2) is 10.0. The number of imide groups is 1. The van der Waals surface area contributed by atoms with E-state index >= 15 is 0 Å². The lowest BCUT2D eigenvalue weighted by Crippen LogP contribution is -2.30. The maximum absolute atomic E-state index is 12.7. The number of benzene rings is 3.